The van der Waals surface area contributed by atoms with Crippen LogP contribution in [-0.4, -0.2) is 12.6 Å². The third kappa shape index (κ3) is 1.43. The maximum atomic E-state index is 3.23. The number of fused-ring (bicyclic) bond motifs is 2. The summed E-state index contributed by atoms with van der Waals surface area (Å²) < 4.78 is 0. The number of benzene rings is 2. The molecule has 18 heavy (non-hydrogen) atoms. The van der Waals surface area contributed by atoms with Gasteiger partial charge in [-0.3, -0.25) is 5.01 Å². The third-order valence-electron chi connectivity index (χ3n) is 3.94. The molecule has 2 aliphatic heterocycles. The molecule has 1 unspecified atom stereocenters. The van der Waals surface area contributed by atoms with Crippen molar-refractivity contribution in [3.8, 4) is 0 Å². The van der Waals surface area contributed by atoms with Crippen molar-refractivity contribution in [2.75, 3.05) is 11.6 Å². The lowest BCUT2D eigenvalue weighted by Crippen LogP contribution is -2.65. The Balaban J connectivity index is 1.98. The van der Waals surface area contributed by atoms with E-state index < -0.39 is 0 Å². The van der Waals surface area contributed by atoms with Crippen LogP contribution in [0.3, 0.4) is 0 Å². The van der Waals surface area contributed by atoms with Crippen LogP contribution in [-0.2, 0) is 6.42 Å². The van der Waals surface area contributed by atoms with Crippen molar-refractivity contribution in [3.63, 3.8) is 0 Å². The van der Waals surface area contributed by atoms with Gasteiger partial charge in [-0.05, 0) is 29.9 Å². The van der Waals surface area contributed by atoms with E-state index in [1.54, 1.807) is 0 Å². The van der Waals surface area contributed by atoms with Crippen LogP contribution >= 0.6 is 0 Å². The van der Waals surface area contributed by atoms with Gasteiger partial charge in [-0.15, -0.1) is 0 Å². The van der Waals surface area contributed by atoms with Crippen LogP contribution in [0.25, 0.3) is 10.8 Å². The van der Waals surface area contributed by atoms with Gasteiger partial charge >= 0.3 is 0 Å². The second-order valence-corrected chi connectivity index (χ2v) is 4.97. The molecule has 0 bridgehead atoms. The molecular formula is C14H16N4. The molecule has 0 radical (unpaired) electrons. The van der Waals surface area contributed by atoms with Gasteiger partial charge in [0.25, 0.3) is 0 Å². The molecule has 2 aromatic carbocycles. The van der Waals surface area contributed by atoms with Crippen LogP contribution in [0.1, 0.15) is 12.0 Å². The molecule has 2 aromatic rings. The minimum atomic E-state index is 0.490. The molecule has 1 saturated heterocycles. The number of nitrogens with zero attached hydrogens (tertiary/aromatic N) is 1. The highest BCUT2D eigenvalue weighted by atomic mass is 15.8. The minimum Gasteiger partial charge on any atom is -0.289 e. The van der Waals surface area contributed by atoms with Gasteiger partial charge in [0, 0.05) is 11.9 Å². The van der Waals surface area contributed by atoms with Crippen LogP contribution in [0.5, 0.6) is 0 Å². The van der Waals surface area contributed by atoms with E-state index in [1.807, 2.05) is 0 Å². The summed E-state index contributed by atoms with van der Waals surface area (Å²) in [6.07, 6.45) is 2.30. The summed E-state index contributed by atoms with van der Waals surface area (Å²) in [5.74, 6) is 0. The number of aryl methyl sites for hydroxylation is 1. The van der Waals surface area contributed by atoms with Gasteiger partial charge in [0.2, 0.25) is 0 Å². The first-order chi connectivity index (χ1) is 8.93. The van der Waals surface area contributed by atoms with Crippen LogP contribution in [0.2, 0.25) is 0 Å². The third-order valence-corrected chi connectivity index (χ3v) is 3.94. The van der Waals surface area contributed by atoms with E-state index in [0.29, 0.717) is 6.04 Å². The lowest BCUT2D eigenvalue weighted by molar-refractivity contribution is 0.301. The molecule has 4 nitrogen and oxygen atoms in total. The van der Waals surface area contributed by atoms with E-state index in [9.17, 15) is 0 Å². The Kier molecular flexibility index (Phi) is 2.26. The average Bonchev–Trinajstić information content (AvgIpc) is 2.60. The SMILES string of the molecule is c1cc2c3c(cccc3c1)N1NNNCC1CC2. The zero-order valence-corrected chi connectivity index (χ0v) is 10.1. The topological polar surface area (TPSA) is 39.3 Å². The maximum Gasteiger partial charge on any atom is 0.0618 e. The Labute approximate surface area is 106 Å². The molecule has 0 amide bonds. The largest absolute Gasteiger partial charge is 0.289 e. The molecule has 3 N–H and O–H groups in total. The first-order valence-corrected chi connectivity index (χ1v) is 6.47. The Hall–Kier alpha value is -1.62. The zero-order valence-electron chi connectivity index (χ0n) is 10.1. The van der Waals surface area contributed by atoms with E-state index in [0.717, 1.165) is 19.4 Å². The number of hydrogen-bond acceptors (Lipinski definition) is 4. The zero-order chi connectivity index (χ0) is 11.9. The van der Waals surface area contributed by atoms with E-state index in [2.05, 4.69) is 57.9 Å². The summed E-state index contributed by atoms with van der Waals surface area (Å²) in [4.78, 5) is 0. The van der Waals surface area contributed by atoms with Crippen molar-refractivity contribution in [1.82, 2.24) is 16.5 Å². The van der Waals surface area contributed by atoms with Crippen molar-refractivity contribution in [3.05, 3.63) is 42.0 Å². The lowest BCUT2D eigenvalue weighted by Gasteiger charge is -2.37. The summed E-state index contributed by atoms with van der Waals surface area (Å²) in [5, 5.41) is 4.97. The fourth-order valence-corrected chi connectivity index (χ4v) is 3.07. The van der Waals surface area contributed by atoms with E-state index in [4.69, 9.17) is 0 Å². The molecule has 1 atom stereocenters. The molecule has 0 aromatic heterocycles. The minimum absolute atomic E-state index is 0.490. The Morgan fingerprint density at radius 2 is 2.00 bits per heavy atom. The lowest BCUT2D eigenvalue weighted by atomic mass is 10.0. The van der Waals surface area contributed by atoms with Gasteiger partial charge in [0.1, 0.15) is 0 Å². The van der Waals surface area contributed by atoms with Crippen LogP contribution in [0.4, 0.5) is 5.69 Å². The maximum absolute atomic E-state index is 3.23. The van der Waals surface area contributed by atoms with Gasteiger partial charge in [-0.1, -0.05) is 30.3 Å². The fraction of sp³-hybridized carbons (Fsp3) is 0.286. The van der Waals surface area contributed by atoms with Crippen LogP contribution in [0.15, 0.2) is 36.4 Å². The van der Waals surface area contributed by atoms with E-state index in [1.165, 1.54) is 22.0 Å². The van der Waals surface area contributed by atoms with Crippen molar-refractivity contribution < 1.29 is 0 Å². The summed E-state index contributed by atoms with van der Waals surface area (Å²) in [6, 6.07) is 13.6. The molecule has 0 saturated carbocycles. The Bertz CT molecular complexity index is 590. The first-order valence-electron chi connectivity index (χ1n) is 6.47. The second kappa shape index (κ2) is 3.95. The normalized spacial score (nSPS) is 22.7. The van der Waals surface area contributed by atoms with Crippen molar-refractivity contribution in [2.24, 2.45) is 0 Å². The van der Waals surface area contributed by atoms with Crippen LogP contribution < -0.4 is 21.5 Å². The van der Waals surface area contributed by atoms with E-state index >= 15 is 0 Å². The van der Waals surface area contributed by atoms with Gasteiger partial charge < -0.3 is 0 Å². The fourth-order valence-electron chi connectivity index (χ4n) is 3.07. The second-order valence-electron chi connectivity index (χ2n) is 4.97. The van der Waals surface area contributed by atoms with Crippen molar-refractivity contribution in [1.29, 1.82) is 0 Å². The smallest absolute Gasteiger partial charge is 0.0618 e. The van der Waals surface area contributed by atoms with E-state index in [-0.39, 0.29) is 0 Å². The van der Waals surface area contributed by atoms with Crippen LogP contribution in [0, 0.1) is 0 Å². The summed E-state index contributed by atoms with van der Waals surface area (Å²) in [6.45, 7) is 0.956. The van der Waals surface area contributed by atoms with Crippen molar-refractivity contribution >= 4 is 16.5 Å². The summed E-state index contributed by atoms with van der Waals surface area (Å²) in [7, 11) is 0. The predicted molar refractivity (Wildman–Crippen MR) is 72.8 cm³/mol. The van der Waals surface area contributed by atoms with Crippen molar-refractivity contribution in [2.45, 2.75) is 18.9 Å². The standard InChI is InChI=1S/C14H16N4/c1-3-10-5-2-6-13-14(10)11(4-1)7-8-12-9-15-16-17-18(12)13/h1-6,12,15-17H,7-9H2. The summed E-state index contributed by atoms with van der Waals surface area (Å²) >= 11 is 0. The quantitative estimate of drug-likeness (QED) is 0.652. The first kappa shape index (κ1) is 10.3. The molecule has 4 heteroatoms. The highest BCUT2D eigenvalue weighted by Crippen LogP contribution is 2.34. The molecule has 0 aliphatic carbocycles. The molecule has 0 spiro atoms. The number of anilines is 1. The van der Waals surface area contributed by atoms with Gasteiger partial charge in [-0.25, -0.2) is 5.43 Å². The highest BCUT2D eigenvalue weighted by Gasteiger charge is 2.27. The average molecular weight is 240 g/mol. The number of rotatable bonds is 0. The molecule has 92 valence electrons. The summed E-state index contributed by atoms with van der Waals surface area (Å²) in [5.41, 5.74) is 12.1. The van der Waals surface area contributed by atoms with Gasteiger partial charge in [0.15, 0.2) is 0 Å². The highest BCUT2D eigenvalue weighted by molar-refractivity contribution is 5.97. The Morgan fingerprint density at radius 3 is 2.94 bits per heavy atom. The Morgan fingerprint density at radius 1 is 1.11 bits per heavy atom. The number of hydrazine groups is 3. The number of nitrogens with one attached hydrogen (secondary N) is 3. The molecule has 2 heterocycles. The van der Waals surface area contributed by atoms with Gasteiger partial charge in [-0.2, -0.15) is 11.1 Å². The molecule has 4 rings (SSSR count). The van der Waals surface area contributed by atoms with Gasteiger partial charge in [0.05, 0.1) is 11.7 Å². The molecular weight excluding hydrogens is 224 g/mol. The molecule has 1 fully saturated rings. The molecule has 2 aliphatic rings. The predicted octanol–water partition coefficient (Wildman–Crippen LogP) is 1.49. The monoisotopic (exact) mass is 240 g/mol. The number of hydrogen-bond donors (Lipinski definition) is 3.